The Balaban J connectivity index is 2.90. The topological polar surface area (TPSA) is 104 Å². The van der Waals surface area contributed by atoms with Crippen LogP contribution in [0.25, 0.3) is 0 Å². The SMILES string of the molecule is CCC(C)(CC(C)(CC(C)c1ccccc1)C(=O)OCCCCC(O)CO)C(=O)O. The second-order valence-electron chi connectivity index (χ2n) is 8.94. The Kier molecular flexibility index (Phi) is 10.5. The van der Waals surface area contributed by atoms with Crippen molar-refractivity contribution in [3.8, 4) is 0 Å². The number of hydrogen-bond donors (Lipinski definition) is 3. The maximum Gasteiger partial charge on any atom is 0.311 e. The first-order chi connectivity index (χ1) is 14.1. The van der Waals surface area contributed by atoms with Gasteiger partial charge in [-0.25, -0.2) is 0 Å². The lowest BCUT2D eigenvalue weighted by molar-refractivity contribution is -0.162. The molecule has 1 aromatic rings. The fraction of sp³-hybridized carbons (Fsp3) is 0.667. The average Bonchev–Trinajstić information content (AvgIpc) is 2.73. The van der Waals surface area contributed by atoms with Crippen LogP contribution in [0.3, 0.4) is 0 Å². The van der Waals surface area contributed by atoms with Crippen molar-refractivity contribution >= 4 is 11.9 Å². The molecule has 0 saturated carbocycles. The number of carbonyl (C=O) groups excluding carboxylic acids is 1. The van der Waals surface area contributed by atoms with Gasteiger partial charge in [-0.1, -0.05) is 44.2 Å². The number of carboxylic acids is 1. The van der Waals surface area contributed by atoms with Gasteiger partial charge in [0.25, 0.3) is 0 Å². The van der Waals surface area contributed by atoms with Crippen LogP contribution in [0.2, 0.25) is 0 Å². The van der Waals surface area contributed by atoms with Crippen LogP contribution >= 0.6 is 0 Å². The zero-order valence-corrected chi connectivity index (χ0v) is 18.8. The standard InChI is InChI=1S/C24H38O6/c1-5-23(3,21(27)28)17-24(4,15-18(2)19-11-7-6-8-12-19)22(29)30-14-10-9-13-20(26)16-25/h6-8,11-12,18,20,25-26H,5,9-10,13-17H2,1-4H3,(H,27,28). The van der Waals surface area contributed by atoms with Crippen LogP contribution in [-0.2, 0) is 14.3 Å². The van der Waals surface area contributed by atoms with E-state index in [0.29, 0.717) is 32.1 Å². The predicted molar refractivity (Wildman–Crippen MR) is 116 cm³/mol. The Hall–Kier alpha value is -1.92. The van der Waals surface area contributed by atoms with E-state index in [9.17, 15) is 19.8 Å². The van der Waals surface area contributed by atoms with Crippen molar-refractivity contribution in [1.82, 2.24) is 0 Å². The second kappa shape index (κ2) is 12.1. The molecule has 0 saturated heterocycles. The average molecular weight is 423 g/mol. The van der Waals surface area contributed by atoms with E-state index in [1.807, 2.05) is 44.2 Å². The lowest BCUT2D eigenvalue weighted by atomic mass is 9.67. The third kappa shape index (κ3) is 7.73. The molecule has 0 bridgehead atoms. The molecule has 1 rings (SSSR count). The Morgan fingerprint density at radius 1 is 1.10 bits per heavy atom. The Morgan fingerprint density at radius 3 is 2.27 bits per heavy atom. The third-order valence-electron chi connectivity index (χ3n) is 6.07. The van der Waals surface area contributed by atoms with Crippen LogP contribution in [0.1, 0.15) is 77.7 Å². The molecule has 0 aliphatic heterocycles. The number of hydrogen-bond acceptors (Lipinski definition) is 5. The Labute approximate surface area is 180 Å². The summed E-state index contributed by atoms with van der Waals surface area (Å²) in [5.41, 5.74) is -0.860. The molecule has 0 amide bonds. The molecule has 6 nitrogen and oxygen atoms in total. The van der Waals surface area contributed by atoms with Gasteiger partial charge in [0.2, 0.25) is 0 Å². The summed E-state index contributed by atoms with van der Waals surface area (Å²) in [4.78, 5) is 25.0. The van der Waals surface area contributed by atoms with Crippen molar-refractivity contribution in [2.75, 3.05) is 13.2 Å². The molecule has 1 aromatic carbocycles. The number of ether oxygens (including phenoxy) is 1. The highest BCUT2D eigenvalue weighted by Crippen LogP contribution is 2.43. The number of carbonyl (C=O) groups is 2. The summed E-state index contributed by atoms with van der Waals surface area (Å²) >= 11 is 0. The highest BCUT2D eigenvalue weighted by Gasteiger charge is 2.45. The van der Waals surface area contributed by atoms with Crippen LogP contribution in [-0.4, -0.2) is 46.6 Å². The first-order valence-corrected chi connectivity index (χ1v) is 10.8. The second-order valence-corrected chi connectivity index (χ2v) is 8.94. The van der Waals surface area contributed by atoms with E-state index in [0.717, 1.165) is 5.56 Å². The van der Waals surface area contributed by atoms with Gasteiger partial charge in [0.15, 0.2) is 0 Å². The fourth-order valence-electron chi connectivity index (χ4n) is 3.93. The van der Waals surface area contributed by atoms with Crippen molar-refractivity contribution in [3.05, 3.63) is 35.9 Å². The molecule has 0 aliphatic rings. The molecule has 170 valence electrons. The summed E-state index contributed by atoms with van der Waals surface area (Å²) in [5.74, 6) is -1.22. The normalized spacial score (nSPS) is 17.4. The van der Waals surface area contributed by atoms with E-state index in [1.54, 1.807) is 13.8 Å². The van der Waals surface area contributed by atoms with Gasteiger partial charge in [-0.3, -0.25) is 9.59 Å². The number of unbranched alkanes of at least 4 members (excludes halogenated alkanes) is 1. The van der Waals surface area contributed by atoms with Gasteiger partial charge >= 0.3 is 11.9 Å². The van der Waals surface area contributed by atoms with Crippen molar-refractivity contribution in [2.24, 2.45) is 10.8 Å². The molecule has 0 heterocycles. The van der Waals surface area contributed by atoms with E-state index < -0.39 is 22.9 Å². The molecule has 0 aromatic heterocycles. The molecule has 0 aliphatic carbocycles. The highest BCUT2D eigenvalue weighted by atomic mass is 16.5. The number of esters is 1. The van der Waals surface area contributed by atoms with Crippen LogP contribution in [0.15, 0.2) is 30.3 Å². The van der Waals surface area contributed by atoms with E-state index in [1.165, 1.54) is 0 Å². The number of aliphatic carboxylic acids is 1. The van der Waals surface area contributed by atoms with E-state index in [2.05, 4.69) is 0 Å². The van der Waals surface area contributed by atoms with Gasteiger partial charge in [0, 0.05) is 0 Å². The molecule has 0 fully saturated rings. The highest BCUT2D eigenvalue weighted by molar-refractivity contribution is 5.79. The van der Waals surface area contributed by atoms with Crippen molar-refractivity contribution in [3.63, 3.8) is 0 Å². The van der Waals surface area contributed by atoms with Crippen LogP contribution in [0.5, 0.6) is 0 Å². The molecule has 4 unspecified atom stereocenters. The molecular formula is C24H38O6. The minimum atomic E-state index is -1.02. The van der Waals surface area contributed by atoms with Crippen molar-refractivity contribution in [2.45, 2.75) is 78.2 Å². The zero-order chi connectivity index (χ0) is 22.8. The minimum absolute atomic E-state index is 0.0679. The number of aliphatic hydroxyl groups is 2. The molecule has 4 atom stereocenters. The van der Waals surface area contributed by atoms with Gasteiger partial charge in [-0.05, 0) is 63.9 Å². The lowest BCUT2D eigenvalue weighted by Gasteiger charge is -2.36. The van der Waals surface area contributed by atoms with Crippen LogP contribution < -0.4 is 0 Å². The Bertz CT molecular complexity index is 661. The van der Waals surface area contributed by atoms with Crippen LogP contribution in [0, 0.1) is 10.8 Å². The predicted octanol–water partition coefficient (Wildman–Crippen LogP) is 4.14. The van der Waals surface area contributed by atoms with Gasteiger partial charge in [-0.15, -0.1) is 0 Å². The summed E-state index contributed by atoms with van der Waals surface area (Å²) in [5, 5.41) is 28.0. The van der Waals surface area contributed by atoms with E-state index in [4.69, 9.17) is 9.84 Å². The van der Waals surface area contributed by atoms with Gasteiger partial charge in [-0.2, -0.15) is 0 Å². The van der Waals surface area contributed by atoms with Gasteiger partial charge in [0.05, 0.1) is 30.1 Å². The lowest BCUT2D eigenvalue weighted by Crippen LogP contribution is -2.40. The fourth-order valence-corrected chi connectivity index (χ4v) is 3.93. The number of rotatable bonds is 14. The van der Waals surface area contributed by atoms with Gasteiger partial charge in [0.1, 0.15) is 0 Å². The van der Waals surface area contributed by atoms with Crippen LogP contribution in [0.4, 0.5) is 0 Å². The molecule has 6 heteroatoms. The molecule has 30 heavy (non-hydrogen) atoms. The molecule has 3 N–H and O–H groups in total. The summed E-state index contributed by atoms with van der Waals surface area (Å²) in [6.45, 7) is 7.29. The number of carboxylic acid groups (broad SMARTS) is 1. The monoisotopic (exact) mass is 422 g/mol. The molecule has 0 radical (unpaired) electrons. The van der Waals surface area contributed by atoms with Crippen molar-refractivity contribution < 1.29 is 29.6 Å². The van der Waals surface area contributed by atoms with E-state index in [-0.39, 0.29) is 31.5 Å². The van der Waals surface area contributed by atoms with Crippen molar-refractivity contribution in [1.29, 1.82) is 0 Å². The minimum Gasteiger partial charge on any atom is -0.481 e. The molecular weight excluding hydrogens is 384 g/mol. The first-order valence-electron chi connectivity index (χ1n) is 10.8. The largest absolute Gasteiger partial charge is 0.481 e. The maximum absolute atomic E-state index is 13.1. The summed E-state index contributed by atoms with van der Waals surface area (Å²) < 4.78 is 5.55. The van der Waals surface area contributed by atoms with Gasteiger partial charge < -0.3 is 20.1 Å². The quantitative estimate of drug-likeness (QED) is 0.307. The number of benzene rings is 1. The maximum atomic E-state index is 13.1. The summed E-state index contributed by atoms with van der Waals surface area (Å²) in [6.07, 6.45) is 2.02. The first kappa shape index (κ1) is 26.1. The zero-order valence-electron chi connectivity index (χ0n) is 18.8. The number of aliphatic hydroxyl groups excluding tert-OH is 2. The summed E-state index contributed by atoms with van der Waals surface area (Å²) in [7, 11) is 0. The third-order valence-corrected chi connectivity index (χ3v) is 6.07. The Morgan fingerprint density at radius 2 is 1.73 bits per heavy atom. The molecule has 0 spiro atoms. The summed E-state index contributed by atoms with van der Waals surface area (Å²) in [6, 6.07) is 9.87. The van der Waals surface area contributed by atoms with E-state index >= 15 is 0 Å². The smallest absolute Gasteiger partial charge is 0.311 e.